The van der Waals surface area contributed by atoms with Gasteiger partial charge in [0.2, 0.25) is 0 Å². The molecule has 0 N–H and O–H groups in total. The summed E-state index contributed by atoms with van der Waals surface area (Å²) >= 11 is 2.96. The summed E-state index contributed by atoms with van der Waals surface area (Å²) in [5, 5.41) is 0. The number of methoxy groups -OCH3 is 1. The molecule has 15 heavy (non-hydrogen) atoms. The highest BCUT2D eigenvalue weighted by Gasteiger charge is 2.17. The van der Waals surface area contributed by atoms with Crippen LogP contribution in [0.15, 0.2) is 24.4 Å². The molecule has 1 amide bonds. The molecule has 0 atom stereocenters. The number of hydrogen-bond donors (Lipinski definition) is 0. The van der Waals surface area contributed by atoms with E-state index in [0.717, 1.165) is 3.93 Å². The lowest BCUT2D eigenvalue weighted by Crippen LogP contribution is -2.28. The molecule has 1 aromatic rings. The second-order valence-electron chi connectivity index (χ2n) is 2.62. The molecule has 6 heteroatoms. The predicted molar refractivity (Wildman–Crippen MR) is 56.2 cm³/mol. The van der Waals surface area contributed by atoms with Crippen molar-refractivity contribution in [3.05, 3.63) is 30.1 Å². The predicted octanol–water partition coefficient (Wildman–Crippen LogP) is 1.01. The largest absolute Gasteiger partial charge is 0.468 e. The van der Waals surface area contributed by atoms with E-state index in [1.807, 2.05) is 0 Å². The third-order valence-corrected chi connectivity index (χ3v) is 2.17. The van der Waals surface area contributed by atoms with Crippen LogP contribution in [0.25, 0.3) is 0 Å². The number of ether oxygens (including phenoxy) is 1. The standard InChI is InChI=1S/C9H9BrN2O3/c1-15-8(13)6-12(10)9(14)7-4-2-3-5-11-7/h2-5H,6H2,1H3. The molecule has 0 bridgehead atoms. The molecule has 1 heterocycles. The molecule has 0 saturated heterocycles. The molecule has 0 unspecified atom stereocenters. The Morgan fingerprint density at radius 3 is 2.80 bits per heavy atom. The molecule has 0 saturated carbocycles. The number of carbonyl (C=O) groups excluding carboxylic acids is 2. The van der Waals surface area contributed by atoms with Crippen LogP contribution < -0.4 is 0 Å². The third kappa shape index (κ3) is 3.32. The summed E-state index contributed by atoms with van der Waals surface area (Å²) in [5.41, 5.74) is 0.262. The van der Waals surface area contributed by atoms with Crippen molar-refractivity contribution in [1.82, 2.24) is 8.91 Å². The summed E-state index contributed by atoms with van der Waals surface area (Å²) in [6.45, 7) is -0.161. The maximum absolute atomic E-state index is 11.6. The van der Waals surface area contributed by atoms with Crippen molar-refractivity contribution in [3.63, 3.8) is 0 Å². The second kappa shape index (κ2) is 5.45. The van der Waals surface area contributed by atoms with Gasteiger partial charge in [0.1, 0.15) is 12.2 Å². The molecule has 5 nitrogen and oxygen atoms in total. The zero-order valence-corrected chi connectivity index (χ0v) is 9.60. The number of hydrogen-bond acceptors (Lipinski definition) is 4. The van der Waals surface area contributed by atoms with Gasteiger partial charge < -0.3 is 4.74 Å². The average molecular weight is 273 g/mol. The van der Waals surface area contributed by atoms with Crippen molar-refractivity contribution in [3.8, 4) is 0 Å². The maximum Gasteiger partial charge on any atom is 0.326 e. The monoisotopic (exact) mass is 272 g/mol. The molecule has 80 valence electrons. The lowest BCUT2D eigenvalue weighted by atomic mass is 10.3. The first-order chi connectivity index (χ1) is 7.15. The Labute approximate surface area is 95.4 Å². The first-order valence-electron chi connectivity index (χ1n) is 4.10. The van der Waals surface area contributed by atoms with Crippen LogP contribution in [-0.2, 0) is 9.53 Å². The van der Waals surface area contributed by atoms with Crippen LogP contribution in [0.5, 0.6) is 0 Å². The minimum atomic E-state index is -0.504. The second-order valence-corrected chi connectivity index (χ2v) is 3.47. The van der Waals surface area contributed by atoms with Gasteiger partial charge in [-0.15, -0.1) is 0 Å². The zero-order chi connectivity index (χ0) is 11.3. The molecule has 0 radical (unpaired) electrons. The zero-order valence-electron chi connectivity index (χ0n) is 8.01. The Hall–Kier alpha value is -1.43. The quantitative estimate of drug-likeness (QED) is 0.609. The molecular weight excluding hydrogens is 264 g/mol. The van der Waals surface area contributed by atoms with Gasteiger partial charge in [0, 0.05) is 6.20 Å². The normalized spacial score (nSPS) is 9.47. The van der Waals surface area contributed by atoms with Crippen molar-refractivity contribution < 1.29 is 14.3 Å². The van der Waals surface area contributed by atoms with Crippen molar-refractivity contribution in [1.29, 1.82) is 0 Å². The van der Waals surface area contributed by atoms with Gasteiger partial charge in [0.15, 0.2) is 0 Å². The summed E-state index contributed by atoms with van der Waals surface area (Å²) in [6, 6.07) is 4.96. The van der Waals surface area contributed by atoms with E-state index in [4.69, 9.17) is 0 Å². The van der Waals surface area contributed by atoms with E-state index in [1.54, 1.807) is 18.2 Å². The number of aromatic nitrogens is 1. The summed E-state index contributed by atoms with van der Waals surface area (Å²) < 4.78 is 5.49. The Morgan fingerprint density at radius 2 is 2.27 bits per heavy atom. The Kier molecular flexibility index (Phi) is 4.23. The van der Waals surface area contributed by atoms with Crippen molar-refractivity contribution in [2.75, 3.05) is 13.7 Å². The van der Waals surface area contributed by atoms with Gasteiger partial charge >= 0.3 is 5.97 Å². The fourth-order valence-electron chi connectivity index (χ4n) is 0.863. The molecule has 0 fully saturated rings. The van der Waals surface area contributed by atoms with Crippen molar-refractivity contribution in [2.24, 2.45) is 0 Å². The fraction of sp³-hybridized carbons (Fsp3) is 0.222. The number of halogens is 1. The van der Waals surface area contributed by atoms with E-state index >= 15 is 0 Å². The lowest BCUT2D eigenvalue weighted by Gasteiger charge is -2.11. The van der Waals surface area contributed by atoms with Gasteiger partial charge in [-0.2, -0.15) is 0 Å². The highest BCUT2D eigenvalue weighted by atomic mass is 79.9. The highest BCUT2D eigenvalue weighted by molar-refractivity contribution is 9.07. The summed E-state index contributed by atoms with van der Waals surface area (Å²) in [7, 11) is 1.26. The first-order valence-corrected chi connectivity index (χ1v) is 4.81. The van der Waals surface area contributed by atoms with Gasteiger partial charge in [0.05, 0.1) is 23.3 Å². The van der Waals surface area contributed by atoms with Gasteiger partial charge in [-0.25, -0.2) is 0 Å². The van der Waals surface area contributed by atoms with Crippen LogP contribution in [0.1, 0.15) is 10.5 Å². The molecule has 0 aliphatic rings. The number of pyridine rings is 1. The number of carbonyl (C=O) groups is 2. The topological polar surface area (TPSA) is 59.5 Å². The van der Waals surface area contributed by atoms with E-state index in [0.29, 0.717) is 0 Å². The van der Waals surface area contributed by atoms with Crippen LogP contribution in [0.4, 0.5) is 0 Å². The molecule has 0 aliphatic heterocycles. The SMILES string of the molecule is COC(=O)CN(Br)C(=O)c1ccccn1. The van der Waals surface area contributed by atoms with E-state index in [1.165, 1.54) is 13.3 Å². The Balaban J connectivity index is 2.65. The summed E-state index contributed by atoms with van der Waals surface area (Å²) in [6.07, 6.45) is 1.51. The molecular formula is C9H9BrN2O3. The third-order valence-electron chi connectivity index (χ3n) is 1.60. The molecule has 1 aromatic heterocycles. The van der Waals surface area contributed by atoms with Gasteiger partial charge in [0.25, 0.3) is 5.91 Å². The highest BCUT2D eigenvalue weighted by Crippen LogP contribution is 2.06. The van der Waals surface area contributed by atoms with E-state index in [2.05, 4.69) is 25.9 Å². The number of esters is 1. The lowest BCUT2D eigenvalue weighted by molar-refractivity contribution is -0.140. The van der Waals surface area contributed by atoms with E-state index in [9.17, 15) is 9.59 Å². The number of rotatable bonds is 3. The molecule has 0 aromatic carbocycles. The Bertz CT molecular complexity index is 356. The van der Waals surface area contributed by atoms with Gasteiger partial charge in [-0.05, 0) is 12.1 Å². The number of nitrogens with zero attached hydrogens (tertiary/aromatic N) is 2. The van der Waals surface area contributed by atoms with Crippen molar-refractivity contribution in [2.45, 2.75) is 0 Å². The van der Waals surface area contributed by atoms with Gasteiger partial charge in [-0.1, -0.05) is 6.07 Å². The van der Waals surface area contributed by atoms with Crippen molar-refractivity contribution >= 4 is 28.0 Å². The number of amides is 1. The first kappa shape index (κ1) is 11.6. The van der Waals surface area contributed by atoms with E-state index in [-0.39, 0.29) is 18.1 Å². The molecule has 0 spiro atoms. The molecule has 1 rings (SSSR count). The van der Waals surface area contributed by atoms with Crippen LogP contribution in [-0.4, -0.2) is 34.4 Å². The smallest absolute Gasteiger partial charge is 0.326 e. The van der Waals surface area contributed by atoms with Crippen LogP contribution in [0.3, 0.4) is 0 Å². The summed E-state index contributed by atoms with van der Waals surface area (Å²) in [4.78, 5) is 26.4. The van der Waals surface area contributed by atoms with Crippen LogP contribution in [0, 0.1) is 0 Å². The summed E-state index contributed by atoms with van der Waals surface area (Å²) in [5.74, 6) is -0.892. The Morgan fingerprint density at radius 1 is 1.53 bits per heavy atom. The van der Waals surface area contributed by atoms with Crippen LogP contribution >= 0.6 is 16.1 Å². The minimum absolute atomic E-state index is 0.161. The van der Waals surface area contributed by atoms with Gasteiger partial charge in [-0.3, -0.25) is 18.5 Å². The van der Waals surface area contributed by atoms with Crippen LogP contribution in [0.2, 0.25) is 0 Å². The van der Waals surface area contributed by atoms with E-state index < -0.39 is 5.97 Å². The molecule has 0 aliphatic carbocycles. The minimum Gasteiger partial charge on any atom is -0.468 e. The average Bonchev–Trinajstić information content (AvgIpc) is 2.29. The fourth-order valence-corrected chi connectivity index (χ4v) is 1.25. The maximum atomic E-state index is 11.6.